The molecule has 1 aliphatic rings. The van der Waals surface area contributed by atoms with Crippen LogP contribution in [0.4, 0.5) is 4.39 Å². The molecule has 0 bridgehead atoms. The highest BCUT2D eigenvalue weighted by Crippen LogP contribution is 2.43. The summed E-state index contributed by atoms with van der Waals surface area (Å²) in [5.41, 5.74) is 4.78. The molecular weight excluding hydrogens is 554 g/mol. The fraction of sp³-hybridized carbons (Fsp3) is 0.233. The molecule has 5 nitrogen and oxygen atoms in total. The quantitative estimate of drug-likeness (QED) is 0.232. The topological polar surface area (TPSA) is 61.9 Å². The van der Waals surface area contributed by atoms with E-state index in [2.05, 4.69) is 4.98 Å². The molecular formula is C30H25Cl2FN4OS. The average Bonchev–Trinajstić information content (AvgIpc) is 3.66. The van der Waals surface area contributed by atoms with Gasteiger partial charge in [-0.3, -0.25) is 4.79 Å². The smallest absolute Gasteiger partial charge is 0.274 e. The zero-order chi connectivity index (χ0) is 27.5. The van der Waals surface area contributed by atoms with E-state index in [1.807, 2.05) is 56.0 Å². The Morgan fingerprint density at radius 3 is 2.51 bits per heavy atom. The number of halogens is 3. The third-order valence-corrected chi connectivity index (χ3v) is 9.56. The molecule has 6 rings (SSSR count). The van der Waals surface area contributed by atoms with E-state index >= 15 is 0 Å². The number of aryl methyl sites for hydroxylation is 2. The molecule has 1 N–H and O–H groups in total. The van der Waals surface area contributed by atoms with E-state index in [1.165, 1.54) is 23.5 Å². The van der Waals surface area contributed by atoms with Gasteiger partial charge in [-0.15, -0.1) is 11.3 Å². The minimum atomic E-state index is -0.661. The van der Waals surface area contributed by atoms with Crippen molar-refractivity contribution in [1.82, 2.24) is 19.9 Å². The van der Waals surface area contributed by atoms with Gasteiger partial charge in [0.2, 0.25) is 0 Å². The molecule has 0 spiro atoms. The van der Waals surface area contributed by atoms with Crippen molar-refractivity contribution < 1.29 is 9.18 Å². The van der Waals surface area contributed by atoms with Crippen LogP contribution in [0.2, 0.25) is 10.0 Å². The fourth-order valence-electron chi connectivity index (χ4n) is 5.22. The number of aromatic amines is 1. The third kappa shape index (κ3) is 4.42. The second kappa shape index (κ2) is 9.73. The summed E-state index contributed by atoms with van der Waals surface area (Å²) in [5, 5.41) is 1.96. The molecule has 1 atom stereocenters. The molecule has 0 saturated carbocycles. The first-order valence-electron chi connectivity index (χ1n) is 12.7. The number of nitrogens with one attached hydrogen (secondary N) is 1. The number of nitrogens with zero attached hydrogens (tertiary/aromatic N) is 3. The molecule has 0 aliphatic carbocycles. The van der Waals surface area contributed by atoms with Crippen molar-refractivity contribution in [2.24, 2.45) is 0 Å². The first kappa shape index (κ1) is 26.0. The second-order valence-corrected chi connectivity index (χ2v) is 12.0. The standard InChI is InChI=1S/C30H25Cl2FN4OS/c1-16-5-6-19(15-22(16)32)27-35-25(26(39-27)18-7-9-20(33)10-8-18)28(38)37-14-4-13-30(37,3)29-34-23-12-11-21(31)17(2)24(23)36-29/h5-12,15H,4,13-14H2,1-3H3,(H,34,36). The Hall–Kier alpha value is -3.26. The van der Waals surface area contributed by atoms with Gasteiger partial charge in [-0.25, -0.2) is 14.4 Å². The first-order chi connectivity index (χ1) is 18.7. The molecule has 198 valence electrons. The Kier molecular flexibility index (Phi) is 6.49. The molecule has 0 radical (unpaired) electrons. The second-order valence-electron chi connectivity index (χ2n) is 10.2. The van der Waals surface area contributed by atoms with Gasteiger partial charge >= 0.3 is 0 Å². The van der Waals surface area contributed by atoms with Gasteiger partial charge in [0.05, 0.1) is 21.4 Å². The lowest BCUT2D eigenvalue weighted by Crippen LogP contribution is -2.44. The lowest BCUT2D eigenvalue weighted by molar-refractivity contribution is 0.0601. The Morgan fingerprint density at radius 2 is 1.77 bits per heavy atom. The Balaban J connectivity index is 1.45. The van der Waals surface area contributed by atoms with E-state index in [0.29, 0.717) is 32.2 Å². The highest BCUT2D eigenvalue weighted by molar-refractivity contribution is 7.18. The van der Waals surface area contributed by atoms with Crippen molar-refractivity contribution in [3.05, 3.63) is 93.1 Å². The summed E-state index contributed by atoms with van der Waals surface area (Å²) in [7, 11) is 0. The molecule has 1 unspecified atom stereocenters. The maximum absolute atomic E-state index is 14.3. The Labute approximate surface area is 239 Å². The largest absolute Gasteiger partial charge is 0.340 e. The number of hydrogen-bond donors (Lipinski definition) is 1. The normalized spacial score (nSPS) is 17.3. The number of aromatic nitrogens is 3. The van der Waals surface area contributed by atoms with E-state index in [4.69, 9.17) is 33.2 Å². The summed E-state index contributed by atoms with van der Waals surface area (Å²) in [6.45, 7) is 6.49. The van der Waals surface area contributed by atoms with Crippen LogP contribution in [0.5, 0.6) is 0 Å². The number of hydrogen-bond acceptors (Lipinski definition) is 4. The molecule has 1 amide bonds. The summed E-state index contributed by atoms with van der Waals surface area (Å²) < 4.78 is 13.8. The number of carbonyl (C=O) groups excluding carboxylic acids is 1. The number of amides is 1. The number of thiazole rings is 1. The lowest BCUT2D eigenvalue weighted by atomic mass is 9.97. The zero-order valence-electron chi connectivity index (χ0n) is 21.6. The zero-order valence-corrected chi connectivity index (χ0v) is 23.9. The number of fused-ring (bicyclic) bond motifs is 1. The number of imidazole rings is 1. The van der Waals surface area contributed by atoms with Crippen LogP contribution in [0.15, 0.2) is 54.6 Å². The number of H-pyrrole nitrogens is 1. The van der Waals surface area contributed by atoms with Crippen LogP contribution < -0.4 is 0 Å². The van der Waals surface area contributed by atoms with Gasteiger partial charge in [-0.05, 0) is 80.6 Å². The van der Waals surface area contributed by atoms with E-state index in [0.717, 1.165) is 52.0 Å². The number of likely N-dealkylation sites (tertiary alicyclic amines) is 1. The van der Waals surface area contributed by atoms with Gasteiger partial charge in [-0.1, -0.05) is 47.5 Å². The summed E-state index contributed by atoms with van der Waals surface area (Å²) in [6.07, 6.45) is 1.58. The lowest BCUT2D eigenvalue weighted by Gasteiger charge is -2.33. The van der Waals surface area contributed by atoms with Gasteiger partial charge in [0.1, 0.15) is 22.3 Å². The van der Waals surface area contributed by atoms with Crippen molar-refractivity contribution in [1.29, 1.82) is 0 Å². The molecule has 1 aliphatic heterocycles. The van der Waals surface area contributed by atoms with Crippen molar-refractivity contribution in [3.63, 3.8) is 0 Å². The van der Waals surface area contributed by atoms with Gasteiger partial charge < -0.3 is 9.88 Å². The van der Waals surface area contributed by atoms with Gasteiger partial charge in [0.15, 0.2) is 0 Å². The van der Waals surface area contributed by atoms with E-state index in [9.17, 15) is 9.18 Å². The maximum Gasteiger partial charge on any atom is 0.274 e. The Bertz CT molecular complexity index is 1750. The van der Waals surface area contributed by atoms with Crippen LogP contribution in [0.25, 0.3) is 32.0 Å². The Morgan fingerprint density at radius 1 is 1.03 bits per heavy atom. The molecule has 3 aromatic carbocycles. The maximum atomic E-state index is 14.3. The number of rotatable bonds is 4. The minimum absolute atomic E-state index is 0.190. The van der Waals surface area contributed by atoms with E-state index in [1.54, 1.807) is 12.1 Å². The van der Waals surface area contributed by atoms with Crippen molar-refractivity contribution in [2.45, 2.75) is 39.2 Å². The molecule has 2 aromatic heterocycles. The highest BCUT2D eigenvalue weighted by atomic mass is 35.5. The predicted molar refractivity (Wildman–Crippen MR) is 156 cm³/mol. The number of carbonyl (C=O) groups is 1. The SMILES string of the molecule is Cc1ccc(-c2nc(C(=O)N3CCCC3(C)c3nc4c(C)c(Cl)ccc4[nH]3)c(-c3ccc(F)cc3)s2)cc1Cl. The van der Waals surface area contributed by atoms with Crippen molar-refractivity contribution in [2.75, 3.05) is 6.54 Å². The molecule has 1 fully saturated rings. The fourth-order valence-corrected chi connectivity index (χ4v) is 6.61. The molecule has 9 heteroatoms. The first-order valence-corrected chi connectivity index (χ1v) is 14.2. The summed E-state index contributed by atoms with van der Waals surface area (Å²) in [5.74, 6) is 0.192. The third-order valence-electron chi connectivity index (χ3n) is 7.59. The van der Waals surface area contributed by atoms with Crippen LogP contribution in [0.1, 0.15) is 47.2 Å². The summed E-state index contributed by atoms with van der Waals surface area (Å²) in [6, 6.07) is 15.7. The molecule has 39 heavy (non-hydrogen) atoms. The minimum Gasteiger partial charge on any atom is -0.340 e. The van der Waals surface area contributed by atoms with Crippen LogP contribution in [-0.2, 0) is 5.54 Å². The van der Waals surface area contributed by atoms with E-state index < -0.39 is 5.54 Å². The monoisotopic (exact) mass is 578 g/mol. The summed E-state index contributed by atoms with van der Waals surface area (Å²) in [4.78, 5) is 30.0. The molecule has 1 saturated heterocycles. The van der Waals surface area contributed by atoms with E-state index in [-0.39, 0.29) is 11.7 Å². The molecule has 5 aromatic rings. The van der Waals surface area contributed by atoms with Gasteiger partial charge in [0.25, 0.3) is 5.91 Å². The predicted octanol–water partition coefficient (Wildman–Crippen LogP) is 8.57. The van der Waals surface area contributed by atoms with Crippen LogP contribution in [-0.4, -0.2) is 32.3 Å². The van der Waals surface area contributed by atoms with Crippen LogP contribution in [0.3, 0.4) is 0 Å². The van der Waals surface area contributed by atoms with Crippen LogP contribution >= 0.6 is 34.5 Å². The highest BCUT2D eigenvalue weighted by Gasteiger charge is 2.45. The number of benzene rings is 3. The molecule has 3 heterocycles. The van der Waals surface area contributed by atoms with Gasteiger partial charge in [0, 0.05) is 22.2 Å². The average molecular weight is 580 g/mol. The van der Waals surface area contributed by atoms with Crippen molar-refractivity contribution in [3.8, 4) is 21.0 Å². The summed E-state index contributed by atoms with van der Waals surface area (Å²) >= 11 is 14.2. The van der Waals surface area contributed by atoms with Crippen molar-refractivity contribution >= 4 is 51.5 Å². The van der Waals surface area contributed by atoms with Gasteiger partial charge in [-0.2, -0.15) is 0 Å². The van der Waals surface area contributed by atoms with Crippen LogP contribution in [0, 0.1) is 19.7 Å².